The second-order valence-corrected chi connectivity index (χ2v) is 5.50. The van der Waals surface area contributed by atoms with Gasteiger partial charge in [0.1, 0.15) is 0 Å². The van der Waals surface area contributed by atoms with Crippen LogP contribution in [-0.4, -0.2) is 17.2 Å². The third kappa shape index (κ3) is 8.19. The summed E-state index contributed by atoms with van der Waals surface area (Å²) in [6.45, 7) is 5.80. The molecule has 98 valence electrons. The lowest BCUT2D eigenvalue weighted by Gasteiger charge is -2.02. The first kappa shape index (κ1) is 16.4. The number of thioether (sulfide) groups is 1. The zero-order chi connectivity index (χ0) is 13.1. The number of aldehydes is 1. The predicted octanol–water partition coefficient (Wildman–Crippen LogP) is 4.14. The number of hydrogen-bond acceptors (Lipinski definition) is 3. The zero-order valence-corrected chi connectivity index (χ0v) is 12.1. The fraction of sp³-hybridized carbons (Fsp3) is 0.714. The van der Waals surface area contributed by atoms with E-state index in [0.717, 1.165) is 17.7 Å². The maximum atomic E-state index is 11.6. The monoisotopic (exact) mass is 256 g/mol. The summed E-state index contributed by atoms with van der Waals surface area (Å²) in [5.41, 5.74) is 1.14. The van der Waals surface area contributed by atoms with E-state index in [1.165, 1.54) is 43.9 Å². The Hall–Kier alpha value is -0.570. The van der Waals surface area contributed by atoms with Crippen LogP contribution in [0.25, 0.3) is 0 Å². The molecule has 0 aromatic carbocycles. The van der Waals surface area contributed by atoms with Gasteiger partial charge in [-0.3, -0.25) is 9.59 Å². The van der Waals surface area contributed by atoms with Gasteiger partial charge in [0, 0.05) is 5.75 Å². The summed E-state index contributed by atoms with van der Waals surface area (Å²) in [6, 6.07) is 0. The molecule has 0 heterocycles. The summed E-state index contributed by atoms with van der Waals surface area (Å²) < 4.78 is 0. The summed E-state index contributed by atoms with van der Waals surface area (Å²) in [7, 11) is 0. The van der Waals surface area contributed by atoms with Crippen molar-refractivity contribution >= 4 is 23.2 Å². The van der Waals surface area contributed by atoms with Crippen LogP contribution in [0.4, 0.5) is 0 Å². The number of allylic oxidation sites excluding steroid dienone is 1. The maximum absolute atomic E-state index is 11.6. The third-order valence-corrected chi connectivity index (χ3v) is 3.58. The van der Waals surface area contributed by atoms with Gasteiger partial charge < -0.3 is 0 Å². The quantitative estimate of drug-likeness (QED) is 0.204. The smallest absolute Gasteiger partial charge is 0.222 e. The minimum atomic E-state index is -0.0754. The molecule has 3 heteroatoms. The van der Waals surface area contributed by atoms with Crippen molar-refractivity contribution < 1.29 is 9.59 Å². The van der Waals surface area contributed by atoms with Crippen molar-refractivity contribution in [2.24, 2.45) is 0 Å². The first-order valence-electron chi connectivity index (χ1n) is 6.43. The van der Waals surface area contributed by atoms with E-state index < -0.39 is 0 Å². The Kier molecular flexibility index (Phi) is 10.2. The highest BCUT2D eigenvalue weighted by Gasteiger charge is 2.10. The Morgan fingerprint density at radius 2 is 1.65 bits per heavy atom. The lowest BCUT2D eigenvalue weighted by molar-refractivity contribution is -0.111. The van der Waals surface area contributed by atoms with Gasteiger partial charge in [0.2, 0.25) is 5.12 Å². The van der Waals surface area contributed by atoms with Crippen molar-refractivity contribution in [3.63, 3.8) is 0 Å². The highest BCUT2D eigenvalue weighted by molar-refractivity contribution is 8.14. The van der Waals surface area contributed by atoms with Crippen LogP contribution in [-0.2, 0) is 9.59 Å². The van der Waals surface area contributed by atoms with E-state index in [1.54, 1.807) is 13.8 Å². The van der Waals surface area contributed by atoms with Gasteiger partial charge >= 0.3 is 0 Å². The van der Waals surface area contributed by atoms with Gasteiger partial charge in [0.15, 0.2) is 6.29 Å². The zero-order valence-electron chi connectivity index (χ0n) is 11.3. The molecule has 0 aliphatic carbocycles. The molecule has 2 nitrogen and oxygen atoms in total. The number of hydrogen-bond donors (Lipinski definition) is 0. The van der Waals surface area contributed by atoms with Crippen molar-refractivity contribution in [1.82, 2.24) is 0 Å². The molecule has 0 spiro atoms. The highest BCUT2D eigenvalue weighted by atomic mass is 32.2. The van der Waals surface area contributed by atoms with Crippen LogP contribution in [0.1, 0.15) is 59.3 Å². The van der Waals surface area contributed by atoms with Crippen molar-refractivity contribution in [3.05, 3.63) is 11.1 Å². The fourth-order valence-corrected chi connectivity index (χ4v) is 2.44. The van der Waals surface area contributed by atoms with E-state index >= 15 is 0 Å². The van der Waals surface area contributed by atoms with Crippen LogP contribution in [0, 0.1) is 0 Å². The SMILES string of the molecule is CCCCCCCCSC(=O)C(C=O)=C(C)C. The first-order valence-corrected chi connectivity index (χ1v) is 7.41. The van der Waals surface area contributed by atoms with Gasteiger partial charge in [-0.2, -0.15) is 0 Å². The van der Waals surface area contributed by atoms with Crippen molar-refractivity contribution in [1.29, 1.82) is 0 Å². The number of rotatable bonds is 9. The Bertz CT molecular complexity index is 265. The van der Waals surface area contributed by atoms with Crippen molar-refractivity contribution in [2.75, 3.05) is 5.75 Å². The van der Waals surface area contributed by atoms with E-state index in [4.69, 9.17) is 0 Å². The number of carbonyl (C=O) groups is 2. The van der Waals surface area contributed by atoms with Crippen molar-refractivity contribution in [2.45, 2.75) is 59.3 Å². The third-order valence-electron chi connectivity index (χ3n) is 2.61. The largest absolute Gasteiger partial charge is 0.298 e. The first-order chi connectivity index (χ1) is 8.13. The summed E-state index contributed by atoms with van der Waals surface area (Å²) >= 11 is 1.27. The van der Waals surface area contributed by atoms with Crippen LogP contribution in [0.15, 0.2) is 11.1 Å². The maximum Gasteiger partial charge on any atom is 0.222 e. The van der Waals surface area contributed by atoms with Gasteiger partial charge in [-0.15, -0.1) is 0 Å². The van der Waals surface area contributed by atoms with Gasteiger partial charge in [-0.25, -0.2) is 0 Å². The summed E-state index contributed by atoms with van der Waals surface area (Å²) in [5, 5.41) is -0.0754. The standard InChI is InChI=1S/C14H24O2S/c1-4-5-6-7-8-9-10-17-14(16)13(11-15)12(2)3/h11H,4-10H2,1-3H3. The Morgan fingerprint density at radius 3 is 2.18 bits per heavy atom. The van der Waals surface area contributed by atoms with Gasteiger partial charge in [0.05, 0.1) is 5.57 Å². The molecule has 0 saturated heterocycles. The molecule has 0 aliphatic heterocycles. The molecular formula is C14H24O2S. The van der Waals surface area contributed by atoms with E-state index in [0.29, 0.717) is 11.9 Å². The summed E-state index contributed by atoms with van der Waals surface area (Å²) in [4.78, 5) is 22.3. The summed E-state index contributed by atoms with van der Waals surface area (Å²) in [6.07, 6.45) is 8.04. The number of carbonyl (C=O) groups excluding carboxylic acids is 2. The Labute approximate surface area is 109 Å². The van der Waals surface area contributed by atoms with E-state index in [9.17, 15) is 9.59 Å². The molecule has 0 radical (unpaired) electrons. The molecular weight excluding hydrogens is 232 g/mol. The predicted molar refractivity (Wildman–Crippen MR) is 75.3 cm³/mol. The molecule has 0 aliphatic rings. The molecule has 0 unspecified atom stereocenters. The van der Waals surface area contributed by atoms with E-state index in [1.807, 2.05) is 0 Å². The molecule has 0 fully saturated rings. The molecule has 0 rings (SSSR count). The molecule has 0 saturated carbocycles. The molecule has 0 aromatic rings. The lowest BCUT2D eigenvalue weighted by atomic mass is 10.1. The van der Waals surface area contributed by atoms with Gasteiger partial charge in [0.25, 0.3) is 0 Å². The average molecular weight is 256 g/mol. The molecule has 0 bridgehead atoms. The van der Waals surface area contributed by atoms with Crippen LogP contribution in [0.2, 0.25) is 0 Å². The minimum Gasteiger partial charge on any atom is -0.298 e. The topological polar surface area (TPSA) is 34.1 Å². The fourth-order valence-electron chi connectivity index (χ4n) is 1.50. The summed E-state index contributed by atoms with van der Waals surface area (Å²) in [5.74, 6) is 0.829. The minimum absolute atomic E-state index is 0.0754. The highest BCUT2D eigenvalue weighted by Crippen LogP contribution is 2.15. The molecule has 17 heavy (non-hydrogen) atoms. The van der Waals surface area contributed by atoms with Gasteiger partial charge in [-0.1, -0.05) is 56.4 Å². The van der Waals surface area contributed by atoms with Crippen LogP contribution < -0.4 is 0 Å². The Morgan fingerprint density at radius 1 is 1.06 bits per heavy atom. The van der Waals surface area contributed by atoms with Crippen LogP contribution in [0.3, 0.4) is 0 Å². The molecule has 0 amide bonds. The average Bonchev–Trinajstić information content (AvgIpc) is 2.28. The van der Waals surface area contributed by atoms with Gasteiger partial charge in [-0.05, 0) is 20.3 Å². The second kappa shape index (κ2) is 10.6. The van der Waals surface area contributed by atoms with Crippen LogP contribution in [0.5, 0.6) is 0 Å². The normalized spacial score (nSPS) is 10.1. The molecule has 0 aromatic heterocycles. The number of unbranched alkanes of at least 4 members (excludes halogenated alkanes) is 5. The molecule has 0 atom stereocenters. The van der Waals surface area contributed by atoms with E-state index in [2.05, 4.69) is 6.92 Å². The van der Waals surface area contributed by atoms with Crippen molar-refractivity contribution in [3.8, 4) is 0 Å². The molecule has 0 N–H and O–H groups in total. The lowest BCUT2D eigenvalue weighted by Crippen LogP contribution is -2.02. The Balaban J connectivity index is 3.65. The second-order valence-electron chi connectivity index (χ2n) is 4.44. The van der Waals surface area contributed by atoms with Crippen LogP contribution >= 0.6 is 11.8 Å². The van der Waals surface area contributed by atoms with E-state index in [-0.39, 0.29) is 5.12 Å².